The van der Waals surface area contributed by atoms with Gasteiger partial charge in [-0.15, -0.1) is 0 Å². The Hall–Kier alpha value is -0.940. The molecule has 0 bridgehead atoms. The highest BCUT2D eigenvalue weighted by Crippen LogP contribution is 2.37. The minimum absolute atomic E-state index is 0.0147. The third-order valence-electron chi connectivity index (χ3n) is 3.94. The SMILES string of the molecule is CCS(=O)(=O)CC(C)NC1CC(c2ccc(F)cc2)C1. The van der Waals surface area contributed by atoms with Crippen LogP contribution in [0.15, 0.2) is 24.3 Å². The Kier molecular flexibility index (Phi) is 4.81. The maximum absolute atomic E-state index is 12.8. The van der Waals surface area contributed by atoms with Crippen LogP contribution in [0, 0.1) is 5.82 Å². The maximum atomic E-state index is 12.8. The number of sulfone groups is 1. The van der Waals surface area contributed by atoms with Gasteiger partial charge in [-0.25, -0.2) is 12.8 Å². The first-order valence-electron chi connectivity index (χ1n) is 7.11. The van der Waals surface area contributed by atoms with Crippen LogP contribution in [0.3, 0.4) is 0 Å². The summed E-state index contributed by atoms with van der Waals surface area (Å²) in [6.45, 7) is 3.59. The molecule has 0 aromatic heterocycles. The molecule has 1 aromatic rings. The quantitative estimate of drug-likeness (QED) is 0.878. The molecule has 0 aliphatic heterocycles. The van der Waals surface area contributed by atoms with Crippen LogP contribution >= 0.6 is 0 Å². The van der Waals surface area contributed by atoms with Gasteiger partial charge in [0.1, 0.15) is 5.82 Å². The van der Waals surface area contributed by atoms with Gasteiger partial charge < -0.3 is 5.32 Å². The second-order valence-corrected chi connectivity index (χ2v) is 8.08. The molecular weight excluding hydrogens is 277 g/mol. The summed E-state index contributed by atoms with van der Waals surface area (Å²) in [5, 5.41) is 3.36. The standard InChI is InChI=1S/C15H22FNO2S/c1-3-20(18,19)10-11(2)17-15-8-13(9-15)12-4-6-14(16)7-5-12/h4-7,11,13,15,17H,3,8-10H2,1-2H3. The lowest BCUT2D eigenvalue weighted by Gasteiger charge is -2.38. The molecule has 1 saturated carbocycles. The molecule has 1 aromatic carbocycles. The van der Waals surface area contributed by atoms with E-state index in [0.717, 1.165) is 12.8 Å². The van der Waals surface area contributed by atoms with Crippen LogP contribution in [0.2, 0.25) is 0 Å². The summed E-state index contributed by atoms with van der Waals surface area (Å²) in [4.78, 5) is 0. The molecule has 0 amide bonds. The Morgan fingerprint density at radius 2 is 1.90 bits per heavy atom. The molecular formula is C15H22FNO2S. The Balaban J connectivity index is 1.78. The topological polar surface area (TPSA) is 46.2 Å². The first-order chi connectivity index (χ1) is 9.39. The average molecular weight is 299 g/mol. The highest BCUT2D eigenvalue weighted by Gasteiger charge is 2.31. The fraction of sp³-hybridized carbons (Fsp3) is 0.600. The van der Waals surface area contributed by atoms with Crippen molar-refractivity contribution in [2.45, 2.75) is 44.7 Å². The molecule has 1 unspecified atom stereocenters. The molecule has 1 aliphatic rings. The van der Waals surface area contributed by atoms with Crippen LogP contribution < -0.4 is 5.32 Å². The largest absolute Gasteiger partial charge is 0.310 e. The van der Waals surface area contributed by atoms with Crippen LogP contribution in [-0.2, 0) is 9.84 Å². The molecule has 1 atom stereocenters. The molecule has 5 heteroatoms. The van der Waals surface area contributed by atoms with Crippen molar-refractivity contribution in [3.8, 4) is 0 Å². The lowest BCUT2D eigenvalue weighted by molar-refractivity contribution is 0.275. The van der Waals surface area contributed by atoms with Crippen molar-refractivity contribution in [2.24, 2.45) is 0 Å². The second-order valence-electron chi connectivity index (χ2n) is 5.68. The minimum atomic E-state index is -2.92. The second kappa shape index (κ2) is 6.22. The van der Waals surface area contributed by atoms with Gasteiger partial charge in [-0.2, -0.15) is 0 Å². The van der Waals surface area contributed by atoms with Crippen molar-refractivity contribution in [1.82, 2.24) is 5.32 Å². The third-order valence-corrected chi connectivity index (χ3v) is 5.83. The zero-order valence-electron chi connectivity index (χ0n) is 12.0. The molecule has 112 valence electrons. The summed E-state index contributed by atoms with van der Waals surface area (Å²) < 4.78 is 35.9. The first-order valence-corrected chi connectivity index (χ1v) is 8.93. The normalized spacial score (nSPS) is 24.1. The van der Waals surface area contributed by atoms with Crippen molar-refractivity contribution < 1.29 is 12.8 Å². The lowest BCUT2D eigenvalue weighted by atomic mass is 9.75. The number of halogens is 1. The van der Waals surface area contributed by atoms with Gasteiger partial charge in [-0.05, 0) is 43.4 Å². The zero-order valence-corrected chi connectivity index (χ0v) is 12.8. The Labute approximate surface area is 120 Å². The summed E-state index contributed by atoms with van der Waals surface area (Å²) in [7, 11) is -2.92. The van der Waals surface area contributed by atoms with Crippen LogP contribution in [0.4, 0.5) is 4.39 Å². The van der Waals surface area contributed by atoms with Gasteiger partial charge in [0.05, 0.1) is 5.75 Å². The van der Waals surface area contributed by atoms with E-state index >= 15 is 0 Å². The molecule has 20 heavy (non-hydrogen) atoms. The van der Waals surface area contributed by atoms with Gasteiger partial charge in [0, 0.05) is 17.8 Å². The van der Waals surface area contributed by atoms with Crippen molar-refractivity contribution in [3.63, 3.8) is 0 Å². The van der Waals surface area contributed by atoms with E-state index in [4.69, 9.17) is 0 Å². The zero-order chi connectivity index (χ0) is 14.8. The smallest absolute Gasteiger partial charge is 0.151 e. The molecule has 0 spiro atoms. The van der Waals surface area contributed by atoms with Crippen LogP contribution in [0.5, 0.6) is 0 Å². The number of nitrogens with one attached hydrogen (secondary N) is 1. The maximum Gasteiger partial charge on any atom is 0.151 e. The molecule has 0 radical (unpaired) electrons. The third kappa shape index (κ3) is 4.03. The van der Waals surface area contributed by atoms with Crippen LogP contribution in [0.25, 0.3) is 0 Å². The van der Waals surface area contributed by atoms with Crippen molar-refractivity contribution in [1.29, 1.82) is 0 Å². The predicted octanol–water partition coefficient (Wildman–Crippen LogP) is 2.48. The van der Waals surface area contributed by atoms with E-state index in [9.17, 15) is 12.8 Å². The summed E-state index contributed by atoms with van der Waals surface area (Å²) in [5.41, 5.74) is 1.17. The van der Waals surface area contributed by atoms with E-state index in [1.807, 2.05) is 19.1 Å². The number of hydrogen-bond donors (Lipinski definition) is 1. The summed E-state index contributed by atoms with van der Waals surface area (Å²) in [6.07, 6.45) is 1.98. The summed E-state index contributed by atoms with van der Waals surface area (Å²) >= 11 is 0. The molecule has 1 aliphatic carbocycles. The van der Waals surface area contributed by atoms with E-state index in [2.05, 4.69) is 5.32 Å². The van der Waals surface area contributed by atoms with E-state index < -0.39 is 9.84 Å². The number of benzene rings is 1. The molecule has 1 fully saturated rings. The molecule has 3 nitrogen and oxygen atoms in total. The number of hydrogen-bond acceptors (Lipinski definition) is 3. The molecule has 2 rings (SSSR count). The van der Waals surface area contributed by atoms with Gasteiger partial charge in [0.2, 0.25) is 0 Å². The van der Waals surface area contributed by atoms with Gasteiger partial charge in [-0.1, -0.05) is 19.1 Å². The predicted molar refractivity (Wildman–Crippen MR) is 79.1 cm³/mol. The molecule has 1 N–H and O–H groups in total. The van der Waals surface area contributed by atoms with E-state index in [1.165, 1.54) is 17.7 Å². The summed E-state index contributed by atoms with van der Waals surface area (Å²) in [5.74, 6) is 0.646. The first kappa shape index (κ1) is 15.4. The highest BCUT2D eigenvalue weighted by atomic mass is 32.2. The summed E-state index contributed by atoms with van der Waals surface area (Å²) in [6, 6.07) is 7.01. The van der Waals surface area contributed by atoms with Gasteiger partial charge >= 0.3 is 0 Å². The monoisotopic (exact) mass is 299 g/mol. The van der Waals surface area contributed by atoms with Crippen LogP contribution in [-0.4, -0.2) is 32.0 Å². The molecule has 0 saturated heterocycles. The Morgan fingerprint density at radius 1 is 1.30 bits per heavy atom. The Bertz CT molecular complexity index is 535. The molecule has 0 heterocycles. The van der Waals surface area contributed by atoms with E-state index in [0.29, 0.717) is 12.0 Å². The highest BCUT2D eigenvalue weighted by molar-refractivity contribution is 7.91. The lowest BCUT2D eigenvalue weighted by Crippen LogP contribution is -2.46. The van der Waals surface area contributed by atoms with E-state index in [1.54, 1.807) is 6.92 Å². The number of rotatable bonds is 6. The van der Waals surface area contributed by atoms with Crippen molar-refractivity contribution in [2.75, 3.05) is 11.5 Å². The van der Waals surface area contributed by atoms with Gasteiger partial charge in [0.25, 0.3) is 0 Å². The fourth-order valence-electron chi connectivity index (χ4n) is 2.71. The van der Waals surface area contributed by atoms with Crippen LogP contribution in [0.1, 0.15) is 38.2 Å². The van der Waals surface area contributed by atoms with Gasteiger partial charge in [0.15, 0.2) is 9.84 Å². The van der Waals surface area contributed by atoms with Crippen molar-refractivity contribution >= 4 is 9.84 Å². The fourth-order valence-corrected chi connectivity index (χ4v) is 3.80. The van der Waals surface area contributed by atoms with Gasteiger partial charge in [-0.3, -0.25) is 0 Å². The minimum Gasteiger partial charge on any atom is -0.310 e. The average Bonchev–Trinajstić information content (AvgIpc) is 2.34. The van der Waals surface area contributed by atoms with Crippen molar-refractivity contribution in [3.05, 3.63) is 35.6 Å². The Morgan fingerprint density at radius 3 is 2.45 bits per heavy atom. The van der Waals surface area contributed by atoms with E-state index in [-0.39, 0.29) is 23.4 Å².